The monoisotopic (exact) mass is 244 g/mol. The van der Waals surface area contributed by atoms with Crippen LogP contribution in [0.3, 0.4) is 0 Å². The van der Waals surface area contributed by atoms with Gasteiger partial charge < -0.3 is 4.74 Å². The first-order chi connectivity index (χ1) is 7.72. The molecule has 0 aromatic carbocycles. The highest BCUT2D eigenvalue weighted by atomic mass is 35.5. The fourth-order valence-corrected chi connectivity index (χ4v) is 2.17. The minimum Gasteiger partial charge on any atom is -0.493 e. The molecule has 1 aromatic heterocycles. The fraction of sp³-hybridized carbons (Fsp3) is 0.750. The first kappa shape index (κ1) is 13.4. The van der Waals surface area contributed by atoms with Crippen LogP contribution in [0.15, 0.2) is 6.20 Å². The van der Waals surface area contributed by atoms with E-state index in [4.69, 9.17) is 16.3 Å². The Morgan fingerprint density at radius 1 is 1.44 bits per heavy atom. The first-order valence-electron chi connectivity index (χ1n) is 5.95. The molecule has 1 rings (SSSR count). The maximum absolute atomic E-state index is 6.22. The Balaban J connectivity index is 2.60. The van der Waals surface area contributed by atoms with Crippen LogP contribution < -0.4 is 4.74 Å². The van der Waals surface area contributed by atoms with Crippen molar-refractivity contribution in [2.75, 3.05) is 7.11 Å². The number of nitrogens with zero attached hydrogens (tertiary/aromatic N) is 2. The van der Waals surface area contributed by atoms with Crippen molar-refractivity contribution in [3.05, 3.63) is 11.9 Å². The van der Waals surface area contributed by atoms with Gasteiger partial charge >= 0.3 is 0 Å². The summed E-state index contributed by atoms with van der Waals surface area (Å²) in [6.07, 6.45) is 5.91. The average Bonchev–Trinajstić information content (AvgIpc) is 2.68. The van der Waals surface area contributed by atoms with E-state index in [-0.39, 0.29) is 5.38 Å². The third-order valence-corrected chi connectivity index (χ3v) is 3.16. The zero-order chi connectivity index (χ0) is 12.0. The summed E-state index contributed by atoms with van der Waals surface area (Å²) in [4.78, 5) is 0. The number of rotatable bonds is 7. The van der Waals surface area contributed by atoms with E-state index in [9.17, 15) is 0 Å². The summed E-state index contributed by atoms with van der Waals surface area (Å²) >= 11 is 6.22. The lowest BCUT2D eigenvalue weighted by atomic mass is 10.1. The second-order valence-electron chi connectivity index (χ2n) is 3.90. The molecule has 92 valence electrons. The molecule has 1 atom stereocenters. The van der Waals surface area contributed by atoms with E-state index in [2.05, 4.69) is 18.9 Å². The maximum atomic E-state index is 6.22. The van der Waals surface area contributed by atoms with Crippen molar-refractivity contribution in [2.45, 2.75) is 51.5 Å². The Bertz CT molecular complexity index is 290. The van der Waals surface area contributed by atoms with Gasteiger partial charge in [0.1, 0.15) is 0 Å². The van der Waals surface area contributed by atoms with Crippen LogP contribution in [0.4, 0.5) is 0 Å². The summed E-state index contributed by atoms with van der Waals surface area (Å²) in [5.41, 5.74) is 1.16. The maximum Gasteiger partial charge on any atom is 0.159 e. The number of hydrogen-bond donors (Lipinski definition) is 0. The van der Waals surface area contributed by atoms with Crippen molar-refractivity contribution in [1.29, 1.82) is 0 Å². The van der Waals surface area contributed by atoms with Gasteiger partial charge in [-0.2, -0.15) is 5.10 Å². The van der Waals surface area contributed by atoms with Gasteiger partial charge in [0.15, 0.2) is 5.75 Å². The van der Waals surface area contributed by atoms with E-state index >= 15 is 0 Å². The van der Waals surface area contributed by atoms with E-state index < -0.39 is 0 Å². The highest BCUT2D eigenvalue weighted by Gasteiger charge is 2.12. The summed E-state index contributed by atoms with van der Waals surface area (Å²) in [7, 11) is 1.69. The average molecular weight is 245 g/mol. The predicted molar refractivity (Wildman–Crippen MR) is 67.3 cm³/mol. The summed E-state index contributed by atoms with van der Waals surface area (Å²) in [5.74, 6) is 0.877. The van der Waals surface area contributed by atoms with Crippen LogP contribution in [-0.4, -0.2) is 22.3 Å². The van der Waals surface area contributed by atoms with Gasteiger partial charge in [-0.1, -0.05) is 13.3 Å². The Labute approximate surface area is 103 Å². The normalized spacial score (nSPS) is 12.8. The van der Waals surface area contributed by atoms with Crippen molar-refractivity contribution < 1.29 is 4.74 Å². The molecule has 0 radical (unpaired) electrons. The number of aromatic nitrogens is 2. The second-order valence-corrected chi connectivity index (χ2v) is 4.52. The Morgan fingerprint density at radius 2 is 2.19 bits per heavy atom. The Morgan fingerprint density at radius 3 is 2.75 bits per heavy atom. The van der Waals surface area contributed by atoms with Crippen molar-refractivity contribution in [1.82, 2.24) is 9.78 Å². The van der Waals surface area contributed by atoms with Crippen molar-refractivity contribution in [3.63, 3.8) is 0 Å². The van der Waals surface area contributed by atoms with Gasteiger partial charge in [-0.05, 0) is 26.2 Å². The molecular formula is C12H21ClN2O. The molecule has 1 unspecified atom stereocenters. The van der Waals surface area contributed by atoms with Crippen molar-refractivity contribution >= 4 is 11.6 Å². The van der Waals surface area contributed by atoms with Gasteiger partial charge in [-0.15, -0.1) is 11.6 Å². The molecule has 0 saturated heterocycles. The SMILES string of the molecule is CCCC(Cl)CCc1c(OC)cnn1CC. The van der Waals surface area contributed by atoms with Crippen LogP contribution in [0, 0.1) is 0 Å². The molecule has 1 heterocycles. The Kier molecular flexibility index (Phi) is 5.67. The molecule has 0 aliphatic heterocycles. The van der Waals surface area contributed by atoms with E-state index in [0.717, 1.165) is 43.7 Å². The molecule has 0 N–H and O–H groups in total. The van der Waals surface area contributed by atoms with E-state index in [1.54, 1.807) is 13.3 Å². The van der Waals surface area contributed by atoms with Crippen molar-refractivity contribution in [2.24, 2.45) is 0 Å². The molecule has 0 saturated carbocycles. The largest absolute Gasteiger partial charge is 0.493 e. The molecule has 0 fully saturated rings. The predicted octanol–water partition coefficient (Wildman–Crippen LogP) is 3.25. The van der Waals surface area contributed by atoms with Gasteiger partial charge in [0.2, 0.25) is 0 Å². The Hall–Kier alpha value is -0.700. The summed E-state index contributed by atoms with van der Waals surface area (Å²) in [5, 5.41) is 4.54. The number of alkyl halides is 1. The standard InChI is InChI=1S/C12H21ClN2O/c1-4-6-10(13)7-8-11-12(16-3)9-14-15(11)5-2/h9-10H,4-8H2,1-3H3. The molecule has 0 bridgehead atoms. The van der Waals surface area contributed by atoms with Crippen LogP contribution in [0.2, 0.25) is 0 Å². The summed E-state index contributed by atoms with van der Waals surface area (Å²) in [6, 6.07) is 0. The van der Waals surface area contributed by atoms with Crippen LogP contribution in [0.5, 0.6) is 5.75 Å². The van der Waals surface area contributed by atoms with Crippen molar-refractivity contribution in [3.8, 4) is 5.75 Å². The highest BCUT2D eigenvalue weighted by molar-refractivity contribution is 6.20. The lowest BCUT2D eigenvalue weighted by molar-refractivity contribution is 0.406. The fourth-order valence-electron chi connectivity index (χ4n) is 1.84. The smallest absolute Gasteiger partial charge is 0.159 e. The number of aryl methyl sites for hydroxylation is 1. The van der Waals surface area contributed by atoms with E-state index in [1.807, 2.05) is 4.68 Å². The zero-order valence-corrected chi connectivity index (χ0v) is 11.1. The van der Waals surface area contributed by atoms with Gasteiger partial charge in [-0.25, -0.2) is 0 Å². The summed E-state index contributed by atoms with van der Waals surface area (Å²) < 4.78 is 7.27. The number of ether oxygens (including phenoxy) is 1. The number of methoxy groups -OCH3 is 1. The summed E-state index contributed by atoms with van der Waals surface area (Å²) in [6.45, 7) is 5.12. The number of halogens is 1. The van der Waals surface area contributed by atoms with Crippen LogP contribution in [-0.2, 0) is 13.0 Å². The molecule has 3 nitrogen and oxygen atoms in total. The lowest BCUT2D eigenvalue weighted by Gasteiger charge is -2.10. The quantitative estimate of drug-likeness (QED) is 0.689. The van der Waals surface area contributed by atoms with Crippen LogP contribution >= 0.6 is 11.6 Å². The first-order valence-corrected chi connectivity index (χ1v) is 6.39. The third-order valence-electron chi connectivity index (χ3n) is 2.73. The lowest BCUT2D eigenvalue weighted by Crippen LogP contribution is -2.07. The molecule has 0 aliphatic rings. The van der Waals surface area contributed by atoms with Gasteiger partial charge in [0.05, 0.1) is 19.0 Å². The molecular weight excluding hydrogens is 224 g/mol. The minimum absolute atomic E-state index is 0.259. The van der Waals surface area contributed by atoms with Gasteiger partial charge in [0, 0.05) is 11.9 Å². The van der Waals surface area contributed by atoms with E-state index in [0.29, 0.717) is 0 Å². The number of hydrogen-bond acceptors (Lipinski definition) is 2. The van der Waals surface area contributed by atoms with Crippen LogP contribution in [0.25, 0.3) is 0 Å². The third kappa shape index (κ3) is 3.41. The van der Waals surface area contributed by atoms with Crippen LogP contribution in [0.1, 0.15) is 38.8 Å². The molecule has 4 heteroatoms. The van der Waals surface area contributed by atoms with Gasteiger partial charge in [0.25, 0.3) is 0 Å². The zero-order valence-electron chi connectivity index (χ0n) is 10.4. The van der Waals surface area contributed by atoms with E-state index in [1.165, 1.54) is 0 Å². The molecule has 1 aromatic rings. The minimum atomic E-state index is 0.259. The highest BCUT2D eigenvalue weighted by Crippen LogP contribution is 2.21. The molecule has 0 amide bonds. The molecule has 16 heavy (non-hydrogen) atoms. The molecule has 0 spiro atoms. The topological polar surface area (TPSA) is 27.1 Å². The second kappa shape index (κ2) is 6.79. The molecule has 0 aliphatic carbocycles. The van der Waals surface area contributed by atoms with Gasteiger partial charge in [-0.3, -0.25) is 4.68 Å².